The first-order chi connectivity index (χ1) is 11.4. The molecule has 1 saturated heterocycles. The Morgan fingerprint density at radius 2 is 1.88 bits per heavy atom. The van der Waals surface area contributed by atoms with E-state index in [1.54, 1.807) is 19.0 Å². The van der Waals surface area contributed by atoms with Crippen LogP contribution < -0.4 is 0 Å². The first kappa shape index (κ1) is 18.9. The van der Waals surface area contributed by atoms with E-state index in [1.807, 2.05) is 37.3 Å². The Balaban J connectivity index is 2.19. The van der Waals surface area contributed by atoms with Crippen LogP contribution in [-0.4, -0.2) is 61.1 Å². The van der Waals surface area contributed by atoms with Gasteiger partial charge in [0.05, 0.1) is 0 Å². The Labute approximate surface area is 145 Å². The molecule has 1 aliphatic heterocycles. The van der Waals surface area contributed by atoms with E-state index in [0.717, 1.165) is 18.4 Å². The van der Waals surface area contributed by atoms with Gasteiger partial charge in [-0.25, -0.2) is 0 Å². The van der Waals surface area contributed by atoms with E-state index in [4.69, 9.17) is 0 Å². The van der Waals surface area contributed by atoms with Gasteiger partial charge in [0.15, 0.2) is 0 Å². The first-order valence-electron chi connectivity index (χ1n) is 8.40. The van der Waals surface area contributed by atoms with Crippen molar-refractivity contribution in [1.29, 1.82) is 0 Å². The van der Waals surface area contributed by atoms with Gasteiger partial charge in [-0.05, 0) is 12.0 Å². The van der Waals surface area contributed by atoms with Crippen molar-refractivity contribution >= 4 is 16.1 Å². The average Bonchev–Trinajstić information content (AvgIpc) is 2.56. The maximum atomic E-state index is 13.0. The van der Waals surface area contributed by atoms with E-state index in [-0.39, 0.29) is 5.91 Å². The van der Waals surface area contributed by atoms with E-state index in [1.165, 1.54) is 8.61 Å². The molecule has 1 aromatic carbocycles. The molecule has 24 heavy (non-hydrogen) atoms. The maximum Gasteiger partial charge on any atom is 0.282 e. The standard InChI is InChI=1S/C17H27N3O3S/c1-4-5-11-16-17(21)18(2)12-13-20(16)24(22,23)19(3)14-15-9-7-6-8-10-15/h6-10,16H,4-5,11-14H2,1-3H3. The van der Waals surface area contributed by atoms with Crippen molar-refractivity contribution in [1.82, 2.24) is 13.5 Å². The summed E-state index contributed by atoms with van der Waals surface area (Å²) in [5.74, 6) is -0.105. The fraction of sp³-hybridized carbons (Fsp3) is 0.588. The molecule has 7 heteroatoms. The van der Waals surface area contributed by atoms with Gasteiger partial charge >= 0.3 is 0 Å². The number of likely N-dealkylation sites (N-methyl/N-ethyl adjacent to an activating group) is 1. The van der Waals surface area contributed by atoms with Crippen LogP contribution in [0.3, 0.4) is 0 Å². The molecule has 1 aliphatic rings. The lowest BCUT2D eigenvalue weighted by atomic mass is 10.1. The van der Waals surface area contributed by atoms with Crippen LogP contribution in [0.2, 0.25) is 0 Å². The first-order valence-corrected chi connectivity index (χ1v) is 9.79. The Bertz CT molecular complexity index is 648. The van der Waals surface area contributed by atoms with Crippen LogP contribution in [0.1, 0.15) is 31.7 Å². The lowest BCUT2D eigenvalue weighted by Crippen LogP contribution is -2.59. The van der Waals surface area contributed by atoms with Gasteiger partial charge in [0.2, 0.25) is 5.91 Å². The smallest absolute Gasteiger partial charge is 0.282 e. The van der Waals surface area contributed by atoms with Crippen LogP contribution in [0.5, 0.6) is 0 Å². The highest BCUT2D eigenvalue weighted by Crippen LogP contribution is 2.22. The molecule has 0 bridgehead atoms. The highest BCUT2D eigenvalue weighted by Gasteiger charge is 2.41. The number of amides is 1. The molecule has 1 heterocycles. The molecule has 1 fully saturated rings. The van der Waals surface area contributed by atoms with Gasteiger partial charge in [-0.15, -0.1) is 0 Å². The summed E-state index contributed by atoms with van der Waals surface area (Å²) in [5.41, 5.74) is 0.925. The quantitative estimate of drug-likeness (QED) is 0.749. The van der Waals surface area contributed by atoms with Crippen molar-refractivity contribution in [2.45, 2.75) is 38.8 Å². The normalized spacial score (nSPS) is 19.9. The highest BCUT2D eigenvalue weighted by atomic mass is 32.2. The molecule has 6 nitrogen and oxygen atoms in total. The third-order valence-electron chi connectivity index (χ3n) is 4.43. The van der Waals surface area contributed by atoms with Crippen LogP contribution in [0.4, 0.5) is 0 Å². The van der Waals surface area contributed by atoms with Crippen LogP contribution in [0.25, 0.3) is 0 Å². The molecule has 1 unspecified atom stereocenters. The molecule has 1 atom stereocenters. The molecule has 0 saturated carbocycles. The highest BCUT2D eigenvalue weighted by molar-refractivity contribution is 7.86. The number of hydrogen-bond donors (Lipinski definition) is 0. The molecular weight excluding hydrogens is 326 g/mol. The number of piperazine rings is 1. The van der Waals surface area contributed by atoms with Crippen LogP contribution in [0.15, 0.2) is 30.3 Å². The average molecular weight is 353 g/mol. The molecule has 0 aliphatic carbocycles. The van der Waals surface area contributed by atoms with Crippen LogP contribution >= 0.6 is 0 Å². The third kappa shape index (κ3) is 4.15. The van der Waals surface area contributed by atoms with Crippen LogP contribution in [-0.2, 0) is 21.5 Å². The number of benzene rings is 1. The van der Waals surface area contributed by atoms with Crippen molar-refractivity contribution in [2.24, 2.45) is 0 Å². The number of rotatable bonds is 7. The topological polar surface area (TPSA) is 60.9 Å². The molecule has 134 valence electrons. The molecule has 2 rings (SSSR count). The summed E-state index contributed by atoms with van der Waals surface area (Å²) in [6.07, 6.45) is 2.33. The van der Waals surface area contributed by atoms with Gasteiger partial charge in [0.1, 0.15) is 6.04 Å². The zero-order chi connectivity index (χ0) is 17.7. The molecule has 0 radical (unpaired) electrons. The second-order valence-electron chi connectivity index (χ2n) is 6.28. The fourth-order valence-electron chi connectivity index (χ4n) is 2.93. The lowest BCUT2D eigenvalue weighted by Gasteiger charge is -2.39. The molecular formula is C17H27N3O3S. The molecule has 1 aromatic rings. The molecule has 0 spiro atoms. The second kappa shape index (κ2) is 8.09. The largest absolute Gasteiger partial charge is 0.343 e. The molecule has 1 amide bonds. The number of carbonyl (C=O) groups excluding carboxylic acids is 1. The van der Waals surface area contributed by atoms with Gasteiger partial charge in [-0.3, -0.25) is 4.79 Å². The van der Waals surface area contributed by atoms with Gasteiger partial charge in [-0.1, -0.05) is 50.1 Å². The third-order valence-corrected chi connectivity index (χ3v) is 6.38. The maximum absolute atomic E-state index is 13.0. The summed E-state index contributed by atoms with van der Waals surface area (Å²) in [4.78, 5) is 14.1. The summed E-state index contributed by atoms with van der Waals surface area (Å²) >= 11 is 0. The van der Waals surface area contributed by atoms with E-state index < -0.39 is 16.3 Å². The fourth-order valence-corrected chi connectivity index (χ4v) is 4.43. The van der Waals surface area contributed by atoms with E-state index in [2.05, 4.69) is 0 Å². The predicted octanol–water partition coefficient (Wildman–Crippen LogP) is 1.70. The minimum absolute atomic E-state index is 0.105. The van der Waals surface area contributed by atoms with Crippen molar-refractivity contribution in [3.8, 4) is 0 Å². The Morgan fingerprint density at radius 1 is 1.21 bits per heavy atom. The second-order valence-corrected chi connectivity index (χ2v) is 8.27. The Kier molecular flexibility index (Phi) is 6.37. The summed E-state index contributed by atoms with van der Waals surface area (Å²) in [7, 11) is -0.371. The SMILES string of the molecule is CCCCC1C(=O)N(C)CCN1S(=O)(=O)N(C)Cc1ccccc1. The number of nitrogens with zero attached hydrogens (tertiary/aromatic N) is 3. The van der Waals surface area contributed by atoms with Gasteiger partial charge in [0, 0.05) is 33.7 Å². The van der Waals surface area contributed by atoms with E-state index >= 15 is 0 Å². The van der Waals surface area contributed by atoms with Crippen LogP contribution in [0, 0.1) is 0 Å². The predicted molar refractivity (Wildman–Crippen MR) is 94.5 cm³/mol. The monoisotopic (exact) mass is 353 g/mol. The summed E-state index contributed by atoms with van der Waals surface area (Å²) in [6, 6.07) is 8.88. The van der Waals surface area contributed by atoms with Crippen molar-refractivity contribution in [3.63, 3.8) is 0 Å². The van der Waals surface area contributed by atoms with Gasteiger partial charge in [0.25, 0.3) is 10.2 Å². The van der Waals surface area contributed by atoms with Gasteiger partial charge < -0.3 is 4.90 Å². The summed E-state index contributed by atoms with van der Waals surface area (Å²) < 4.78 is 28.7. The summed E-state index contributed by atoms with van der Waals surface area (Å²) in [6.45, 7) is 3.11. The van der Waals surface area contributed by atoms with Crippen molar-refractivity contribution in [2.75, 3.05) is 27.2 Å². The van der Waals surface area contributed by atoms with E-state index in [9.17, 15) is 13.2 Å². The number of hydrogen-bond acceptors (Lipinski definition) is 3. The number of carbonyl (C=O) groups is 1. The minimum atomic E-state index is -3.68. The molecule has 0 N–H and O–H groups in total. The summed E-state index contributed by atoms with van der Waals surface area (Å²) in [5, 5.41) is 0. The zero-order valence-electron chi connectivity index (χ0n) is 14.7. The van der Waals surface area contributed by atoms with Gasteiger partial charge in [-0.2, -0.15) is 17.0 Å². The van der Waals surface area contributed by atoms with Crippen molar-refractivity contribution in [3.05, 3.63) is 35.9 Å². The lowest BCUT2D eigenvalue weighted by molar-refractivity contribution is -0.137. The Morgan fingerprint density at radius 3 is 2.50 bits per heavy atom. The molecule has 0 aromatic heterocycles. The zero-order valence-corrected chi connectivity index (χ0v) is 15.5. The Hall–Kier alpha value is -1.44. The van der Waals surface area contributed by atoms with Crippen molar-refractivity contribution < 1.29 is 13.2 Å². The number of unbranched alkanes of at least 4 members (excludes halogenated alkanes) is 1. The minimum Gasteiger partial charge on any atom is -0.343 e. The van der Waals surface area contributed by atoms with E-state index in [0.29, 0.717) is 26.1 Å².